The quantitative estimate of drug-likeness (QED) is 0.588. The van der Waals surface area contributed by atoms with Gasteiger partial charge in [0.2, 0.25) is 0 Å². The Kier molecular flexibility index (Phi) is 6.95. The maximum Gasteiger partial charge on any atom is 0.409 e. The molecule has 1 fully saturated rings. The van der Waals surface area contributed by atoms with E-state index in [9.17, 15) is 9.59 Å². The molecule has 1 aliphatic rings. The largest absolute Gasteiger partial charge is 0.494 e. The van der Waals surface area contributed by atoms with E-state index in [4.69, 9.17) is 14.2 Å². The van der Waals surface area contributed by atoms with E-state index in [-0.39, 0.29) is 5.91 Å². The number of morpholine rings is 1. The molecule has 0 bridgehead atoms. The van der Waals surface area contributed by atoms with Crippen LogP contribution in [0.4, 0.5) is 15.6 Å². The summed E-state index contributed by atoms with van der Waals surface area (Å²) in [5.41, 5.74) is 3.17. The summed E-state index contributed by atoms with van der Waals surface area (Å²) in [6, 6.07) is 11.0. The van der Waals surface area contributed by atoms with Crippen LogP contribution in [0.2, 0.25) is 0 Å². The van der Waals surface area contributed by atoms with Crippen LogP contribution in [0.5, 0.6) is 5.75 Å². The number of methoxy groups -OCH3 is 2. The molecule has 0 unspecified atom stereocenters. The summed E-state index contributed by atoms with van der Waals surface area (Å²) in [7, 11) is 4.60. The number of carbonyl (C=O) groups is 2. The molecule has 1 aliphatic heterocycles. The van der Waals surface area contributed by atoms with Crippen molar-refractivity contribution in [3.05, 3.63) is 47.5 Å². The number of hydrogen-bond donors (Lipinski definition) is 1. The zero-order valence-electron chi connectivity index (χ0n) is 18.8. The Labute approximate surface area is 195 Å². The Bertz CT molecular complexity index is 1140. The molecular formula is C23H26N4O5S. The van der Waals surface area contributed by atoms with Gasteiger partial charge >= 0.3 is 6.09 Å². The van der Waals surface area contributed by atoms with Crippen molar-refractivity contribution in [3.8, 4) is 5.75 Å². The first-order chi connectivity index (χ1) is 16.0. The minimum Gasteiger partial charge on any atom is -0.494 e. The van der Waals surface area contributed by atoms with E-state index in [0.29, 0.717) is 36.2 Å². The van der Waals surface area contributed by atoms with Gasteiger partial charge in [-0.3, -0.25) is 10.1 Å². The molecule has 33 heavy (non-hydrogen) atoms. The van der Waals surface area contributed by atoms with Crippen molar-refractivity contribution in [3.63, 3.8) is 0 Å². The van der Waals surface area contributed by atoms with Gasteiger partial charge in [-0.25, -0.2) is 9.78 Å². The molecule has 0 aliphatic carbocycles. The van der Waals surface area contributed by atoms with Crippen molar-refractivity contribution in [2.24, 2.45) is 0 Å². The fourth-order valence-electron chi connectivity index (χ4n) is 3.67. The van der Waals surface area contributed by atoms with E-state index < -0.39 is 6.09 Å². The molecule has 1 N–H and O–H groups in total. The van der Waals surface area contributed by atoms with Crippen LogP contribution in [0.25, 0.3) is 10.2 Å². The van der Waals surface area contributed by atoms with Gasteiger partial charge in [-0.15, -0.1) is 0 Å². The van der Waals surface area contributed by atoms with Gasteiger partial charge in [0.15, 0.2) is 5.13 Å². The number of hydrogen-bond acceptors (Lipinski definition) is 8. The number of aromatic nitrogens is 1. The lowest BCUT2D eigenvalue weighted by Gasteiger charge is -2.29. The molecular weight excluding hydrogens is 444 g/mol. The lowest BCUT2D eigenvalue weighted by molar-refractivity contribution is 0.102. The van der Waals surface area contributed by atoms with Crippen LogP contribution in [-0.2, 0) is 16.0 Å². The van der Waals surface area contributed by atoms with Crippen molar-refractivity contribution in [1.82, 2.24) is 9.88 Å². The zero-order chi connectivity index (χ0) is 23.4. The van der Waals surface area contributed by atoms with Crippen molar-refractivity contribution < 1.29 is 23.8 Å². The Morgan fingerprint density at radius 3 is 2.55 bits per heavy atom. The second-order valence-electron chi connectivity index (χ2n) is 7.56. The molecule has 0 atom stereocenters. The van der Waals surface area contributed by atoms with Crippen LogP contribution < -0.4 is 15.0 Å². The van der Waals surface area contributed by atoms with Gasteiger partial charge in [0.1, 0.15) is 11.3 Å². The topological polar surface area (TPSA) is 93.2 Å². The third-order valence-corrected chi connectivity index (χ3v) is 6.39. The van der Waals surface area contributed by atoms with Crippen molar-refractivity contribution in [1.29, 1.82) is 0 Å². The van der Waals surface area contributed by atoms with Crippen molar-refractivity contribution in [2.45, 2.75) is 6.54 Å². The van der Waals surface area contributed by atoms with Crippen LogP contribution in [0, 0.1) is 0 Å². The Morgan fingerprint density at radius 1 is 1.15 bits per heavy atom. The van der Waals surface area contributed by atoms with Crippen LogP contribution in [0.15, 0.2) is 36.4 Å². The number of benzene rings is 2. The van der Waals surface area contributed by atoms with Crippen LogP contribution >= 0.6 is 11.3 Å². The van der Waals surface area contributed by atoms with E-state index in [2.05, 4.69) is 15.2 Å². The summed E-state index contributed by atoms with van der Waals surface area (Å²) in [5, 5.41) is 3.41. The Hall–Kier alpha value is -3.37. The van der Waals surface area contributed by atoms with Gasteiger partial charge in [-0.2, -0.15) is 0 Å². The first-order valence-corrected chi connectivity index (χ1v) is 11.3. The van der Waals surface area contributed by atoms with Gasteiger partial charge in [-0.1, -0.05) is 23.5 Å². The van der Waals surface area contributed by atoms with E-state index >= 15 is 0 Å². The lowest BCUT2D eigenvalue weighted by atomic mass is 10.1. The molecule has 2 heterocycles. The number of thiazole rings is 1. The molecule has 0 spiro atoms. The number of nitrogens with one attached hydrogen (secondary N) is 1. The lowest BCUT2D eigenvalue weighted by Crippen LogP contribution is -2.36. The molecule has 10 heteroatoms. The van der Waals surface area contributed by atoms with Crippen LogP contribution in [-0.4, -0.2) is 69.5 Å². The predicted molar refractivity (Wildman–Crippen MR) is 127 cm³/mol. The summed E-state index contributed by atoms with van der Waals surface area (Å²) in [6.07, 6.45) is -0.417. The third kappa shape index (κ3) is 5.01. The molecule has 2 amide bonds. The highest BCUT2D eigenvalue weighted by Gasteiger charge is 2.20. The second-order valence-corrected chi connectivity index (χ2v) is 8.56. The second kappa shape index (κ2) is 10.1. The molecule has 4 rings (SSSR count). The molecule has 0 saturated carbocycles. The fraction of sp³-hybridized carbons (Fsp3) is 0.348. The molecule has 3 aromatic rings. The summed E-state index contributed by atoms with van der Waals surface area (Å²) < 4.78 is 16.6. The van der Waals surface area contributed by atoms with Gasteiger partial charge in [0.05, 0.1) is 37.8 Å². The van der Waals surface area contributed by atoms with Crippen LogP contribution in [0.3, 0.4) is 0 Å². The SMILES string of the molecule is COC(=O)N(C)Cc1ccc(C(=O)Nc2nc3c(OC)ccc(N4CCOCC4)c3s2)cc1. The number of carbonyl (C=O) groups excluding carboxylic acids is 2. The maximum atomic E-state index is 12.8. The first kappa shape index (κ1) is 22.8. The fourth-order valence-corrected chi connectivity index (χ4v) is 4.69. The Balaban J connectivity index is 1.52. The maximum absolute atomic E-state index is 12.8. The number of rotatable bonds is 6. The van der Waals surface area contributed by atoms with Gasteiger partial charge in [0.25, 0.3) is 5.91 Å². The zero-order valence-corrected chi connectivity index (χ0v) is 19.6. The summed E-state index contributed by atoms with van der Waals surface area (Å²) in [6.45, 7) is 3.36. The summed E-state index contributed by atoms with van der Waals surface area (Å²) in [4.78, 5) is 32.7. The minimum absolute atomic E-state index is 0.256. The molecule has 9 nitrogen and oxygen atoms in total. The third-order valence-electron chi connectivity index (χ3n) is 5.40. The highest BCUT2D eigenvalue weighted by molar-refractivity contribution is 7.23. The number of ether oxygens (including phenoxy) is 3. The number of nitrogens with zero attached hydrogens (tertiary/aromatic N) is 3. The average molecular weight is 471 g/mol. The highest BCUT2D eigenvalue weighted by atomic mass is 32.1. The average Bonchev–Trinajstić information content (AvgIpc) is 3.27. The summed E-state index contributed by atoms with van der Waals surface area (Å²) >= 11 is 1.42. The van der Waals surface area contributed by atoms with Gasteiger partial charge in [-0.05, 0) is 29.8 Å². The molecule has 1 saturated heterocycles. The molecule has 1 aromatic heterocycles. The highest BCUT2D eigenvalue weighted by Crippen LogP contribution is 2.39. The number of anilines is 2. The molecule has 0 radical (unpaired) electrons. The van der Waals surface area contributed by atoms with Crippen molar-refractivity contribution >= 4 is 44.4 Å². The Morgan fingerprint density at radius 2 is 1.88 bits per heavy atom. The molecule has 174 valence electrons. The standard InChI is InChI=1S/C23H26N4O5S/c1-26(23(29)31-3)14-15-4-6-16(7-5-15)21(28)25-22-24-19-18(30-2)9-8-17(20(19)33-22)27-10-12-32-13-11-27/h4-9H,10-14H2,1-3H3,(H,24,25,28). The molecule has 2 aromatic carbocycles. The predicted octanol–water partition coefficient (Wildman–Crippen LogP) is 3.59. The smallest absolute Gasteiger partial charge is 0.409 e. The monoisotopic (exact) mass is 470 g/mol. The van der Waals surface area contributed by atoms with Gasteiger partial charge < -0.3 is 24.0 Å². The van der Waals surface area contributed by atoms with E-state index in [1.807, 2.05) is 24.3 Å². The van der Waals surface area contributed by atoms with E-state index in [0.717, 1.165) is 34.6 Å². The first-order valence-electron chi connectivity index (χ1n) is 10.5. The van der Waals surface area contributed by atoms with E-state index in [1.165, 1.54) is 23.3 Å². The van der Waals surface area contributed by atoms with Gasteiger partial charge in [0, 0.05) is 32.2 Å². The summed E-state index contributed by atoms with van der Waals surface area (Å²) in [5.74, 6) is 0.409. The number of fused-ring (bicyclic) bond motifs is 1. The van der Waals surface area contributed by atoms with E-state index in [1.54, 1.807) is 26.3 Å². The minimum atomic E-state index is -0.417. The van der Waals surface area contributed by atoms with Crippen molar-refractivity contribution in [2.75, 3.05) is 57.8 Å². The normalized spacial score (nSPS) is 13.6. The number of amides is 2. The van der Waals surface area contributed by atoms with Crippen LogP contribution in [0.1, 0.15) is 15.9 Å².